The van der Waals surface area contributed by atoms with Crippen molar-refractivity contribution in [2.75, 3.05) is 0 Å². The molecule has 0 amide bonds. The lowest BCUT2D eigenvalue weighted by Crippen LogP contribution is -2.28. The lowest BCUT2D eigenvalue weighted by Gasteiger charge is -2.11. The third kappa shape index (κ3) is 2.71. The summed E-state index contributed by atoms with van der Waals surface area (Å²) < 4.78 is 6.86. The van der Waals surface area contributed by atoms with Gasteiger partial charge in [0.2, 0.25) is 11.7 Å². The molecule has 6 nitrogen and oxygen atoms in total. The highest BCUT2D eigenvalue weighted by Gasteiger charge is 2.15. The van der Waals surface area contributed by atoms with E-state index in [4.69, 9.17) is 10.3 Å². The van der Waals surface area contributed by atoms with Gasteiger partial charge >= 0.3 is 0 Å². The van der Waals surface area contributed by atoms with E-state index in [0.717, 1.165) is 0 Å². The maximum Gasteiger partial charge on any atom is 0.228 e. The molecule has 2 heterocycles. The quantitative estimate of drug-likeness (QED) is 0.854. The molecule has 0 aliphatic heterocycles. The fourth-order valence-electron chi connectivity index (χ4n) is 1.41. The maximum absolute atomic E-state index is 5.95. The van der Waals surface area contributed by atoms with E-state index in [1.54, 1.807) is 4.68 Å². The zero-order valence-corrected chi connectivity index (χ0v) is 10.3. The van der Waals surface area contributed by atoms with Crippen LogP contribution in [0, 0.1) is 5.92 Å². The van der Waals surface area contributed by atoms with Crippen molar-refractivity contribution in [2.45, 2.75) is 26.3 Å². The summed E-state index contributed by atoms with van der Waals surface area (Å²) in [7, 11) is 1.85. The zero-order chi connectivity index (χ0) is 12.4. The summed E-state index contributed by atoms with van der Waals surface area (Å²) >= 11 is 0. The van der Waals surface area contributed by atoms with Crippen LogP contribution in [-0.2, 0) is 13.5 Å². The first kappa shape index (κ1) is 11.8. The van der Waals surface area contributed by atoms with Gasteiger partial charge in [-0.1, -0.05) is 19.0 Å². The number of nitrogens with two attached hydrogens (primary N) is 1. The standard InChI is InChI=1S/C11H17N5O/c1-7(2)8(12)6-10-13-11(15-17-10)9-4-5-16(3)14-9/h4-5,7-8H,6,12H2,1-3H3. The SMILES string of the molecule is CC(C)C(N)Cc1nc(-c2ccn(C)n2)no1. The number of hydrogen-bond acceptors (Lipinski definition) is 5. The van der Waals surface area contributed by atoms with Crippen LogP contribution in [0.1, 0.15) is 19.7 Å². The summed E-state index contributed by atoms with van der Waals surface area (Å²) in [5.74, 6) is 1.46. The Bertz CT molecular complexity index is 488. The van der Waals surface area contributed by atoms with E-state index >= 15 is 0 Å². The fourth-order valence-corrected chi connectivity index (χ4v) is 1.41. The van der Waals surface area contributed by atoms with Gasteiger partial charge in [-0.3, -0.25) is 4.68 Å². The number of rotatable bonds is 4. The van der Waals surface area contributed by atoms with Crippen LogP contribution in [-0.4, -0.2) is 26.0 Å². The Morgan fingerprint density at radius 3 is 2.82 bits per heavy atom. The van der Waals surface area contributed by atoms with Crippen molar-refractivity contribution in [3.63, 3.8) is 0 Å². The number of nitrogens with zero attached hydrogens (tertiary/aromatic N) is 4. The molecule has 0 aromatic carbocycles. The van der Waals surface area contributed by atoms with Crippen LogP contribution in [0.3, 0.4) is 0 Å². The molecular weight excluding hydrogens is 218 g/mol. The van der Waals surface area contributed by atoms with Crippen molar-refractivity contribution in [1.82, 2.24) is 19.9 Å². The molecule has 0 aliphatic rings. The van der Waals surface area contributed by atoms with Crippen LogP contribution in [0.25, 0.3) is 11.5 Å². The van der Waals surface area contributed by atoms with Crippen LogP contribution in [0.5, 0.6) is 0 Å². The summed E-state index contributed by atoms with van der Waals surface area (Å²) in [5, 5.41) is 8.10. The van der Waals surface area contributed by atoms with Crippen LogP contribution >= 0.6 is 0 Å². The Balaban J connectivity index is 2.11. The average Bonchev–Trinajstić information content (AvgIpc) is 2.86. The lowest BCUT2D eigenvalue weighted by molar-refractivity contribution is 0.353. The van der Waals surface area contributed by atoms with E-state index in [1.165, 1.54) is 0 Å². The second kappa shape index (κ2) is 4.67. The first-order chi connectivity index (χ1) is 8.06. The molecule has 6 heteroatoms. The molecule has 0 aliphatic carbocycles. The van der Waals surface area contributed by atoms with Crippen molar-refractivity contribution in [2.24, 2.45) is 18.7 Å². The van der Waals surface area contributed by atoms with Crippen LogP contribution in [0.2, 0.25) is 0 Å². The van der Waals surface area contributed by atoms with Crippen molar-refractivity contribution < 1.29 is 4.52 Å². The predicted molar refractivity (Wildman–Crippen MR) is 63.0 cm³/mol. The largest absolute Gasteiger partial charge is 0.339 e. The molecule has 2 aromatic rings. The third-order valence-corrected chi connectivity index (χ3v) is 2.68. The van der Waals surface area contributed by atoms with E-state index in [2.05, 4.69) is 29.1 Å². The van der Waals surface area contributed by atoms with E-state index in [9.17, 15) is 0 Å². The molecule has 1 atom stereocenters. The summed E-state index contributed by atoms with van der Waals surface area (Å²) in [6, 6.07) is 1.88. The minimum atomic E-state index is 0.0343. The van der Waals surface area contributed by atoms with Gasteiger partial charge in [0, 0.05) is 25.7 Å². The van der Waals surface area contributed by atoms with E-state index in [0.29, 0.717) is 29.7 Å². The highest BCUT2D eigenvalue weighted by molar-refractivity contribution is 5.46. The number of aryl methyl sites for hydroxylation is 1. The molecule has 0 saturated heterocycles. The van der Waals surface area contributed by atoms with Gasteiger partial charge < -0.3 is 10.3 Å². The molecule has 1 unspecified atom stereocenters. The van der Waals surface area contributed by atoms with Crippen molar-refractivity contribution in [3.8, 4) is 11.5 Å². The molecule has 0 fully saturated rings. The molecule has 92 valence electrons. The number of hydrogen-bond donors (Lipinski definition) is 1. The topological polar surface area (TPSA) is 82.8 Å². The summed E-state index contributed by atoms with van der Waals surface area (Å²) in [4.78, 5) is 4.28. The normalized spacial score (nSPS) is 13.2. The zero-order valence-electron chi connectivity index (χ0n) is 10.3. The van der Waals surface area contributed by atoms with Gasteiger partial charge in [-0.25, -0.2) is 0 Å². The van der Waals surface area contributed by atoms with Crippen LogP contribution in [0.15, 0.2) is 16.8 Å². The maximum atomic E-state index is 5.95. The minimum absolute atomic E-state index is 0.0343. The Hall–Kier alpha value is -1.69. The first-order valence-electron chi connectivity index (χ1n) is 5.64. The molecule has 2 N–H and O–H groups in total. The second-order valence-electron chi connectivity index (χ2n) is 4.50. The van der Waals surface area contributed by atoms with Crippen molar-refractivity contribution in [1.29, 1.82) is 0 Å². The summed E-state index contributed by atoms with van der Waals surface area (Å²) in [6.45, 7) is 4.14. The Morgan fingerprint density at radius 2 is 2.24 bits per heavy atom. The van der Waals surface area contributed by atoms with Gasteiger partial charge in [0.05, 0.1) is 0 Å². The minimum Gasteiger partial charge on any atom is -0.339 e. The van der Waals surface area contributed by atoms with Gasteiger partial charge in [0.1, 0.15) is 5.69 Å². The summed E-state index contributed by atoms with van der Waals surface area (Å²) in [5.41, 5.74) is 6.66. The van der Waals surface area contributed by atoms with Gasteiger partial charge in [-0.2, -0.15) is 10.1 Å². The van der Waals surface area contributed by atoms with E-state index < -0.39 is 0 Å². The average molecular weight is 235 g/mol. The monoisotopic (exact) mass is 235 g/mol. The van der Waals surface area contributed by atoms with Crippen molar-refractivity contribution >= 4 is 0 Å². The van der Waals surface area contributed by atoms with Gasteiger partial charge in [-0.15, -0.1) is 0 Å². The Labute approximate surface area is 99.8 Å². The van der Waals surface area contributed by atoms with Gasteiger partial charge in [0.15, 0.2) is 0 Å². The predicted octanol–water partition coefficient (Wildman–Crippen LogP) is 0.996. The highest BCUT2D eigenvalue weighted by Crippen LogP contribution is 2.14. The molecule has 0 bridgehead atoms. The molecule has 0 saturated carbocycles. The van der Waals surface area contributed by atoms with E-state index in [1.807, 2.05) is 19.3 Å². The lowest BCUT2D eigenvalue weighted by atomic mass is 10.0. The molecule has 17 heavy (non-hydrogen) atoms. The van der Waals surface area contributed by atoms with Gasteiger partial charge in [-0.05, 0) is 12.0 Å². The fraction of sp³-hybridized carbons (Fsp3) is 0.545. The molecule has 0 spiro atoms. The smallest absolute Gasteiger partial charge is 0.228 e. The van der Waals surface area contributed by atoms with Crippen LogP contribution < -0.4 is 5.73 Å². The summed E-state index contributed by atoms with van der Waals surface area (Å²) in [6.07, 6.45) is 2.43. The van der Waals surface area contributed by atoms with E-state index in [-0.39, 0.29) is 6.04 Å². The first-order valence-corrected chi connectivity index (χ1v) is 5.64. The van der Waals surface area contributed by atoms with Crippen LogP contribution in [0.4, 0.5) is 0 Å². The number of aromatic nitrogens is 4. The molecular formula is C11H17N5O. The third-order valence-electron chi connectivity index (χ3n) is 2.68. The second-order valence-corrected chi connectivity index (χ2v) is 4.50. The highest BCUT2D eigenvalue weighted by atomic mass is 16.5. The molecule has 2 aromatic heterocycles. The van der Waals surface area contributed by atoms with Crippen molar-refractivity contribution in [3.05, 3.63) is 18.2 Å². The Kier molecular flexibility index (Phi) is 3.23. The Morgan fingerprint density at radius 1 is 1.47 bits per heavy atom. The molecule has 2 rings (SSSR count). The van der Waals surface area contributed by atoms with Gasteiger partial charge in [0.25, 0.3) is 0 Å². The molecule has 0 radical (unpaired) electrons.